The van der Waals surface area contributed by atoms with Crippen LogP contribution in [0.2, 0.25) is 0 Å². The fourth-order valence-electron chi connectivity index (χ4n) is 4.45. The van der Waals surface area contributed by atoms with Gasteiger partial charge in [0.2, 0.25) is 5.84 Å². The summed E-state index contributed by atoms with van der Waals surface area (Å²) in [6.45, 7) is 10.7. The first-order valence-corrected chi connectivity index (χ1v) is 11.9. The van der Waals surface area contributed by atoms with Crippen LogP contribution in [0.3, 0.4) is 0 Å². The topological polar surface area (TPSA) is 32.6 Å². The molecule has 0 amide bonds. The number of aliphatic hydroxyl groups excluding tert-OH is 1. The second kappa shape index (κ2) is 15.3. The van der Waals surface area contributed by atoms with Crippen LogP contribution in [-0.4, -0.2) is 41.3 Å². The van der Waals surface area contributed by atoms with Gasteiger partial charge in [0.05, 0.1) is 13.1 Å². The summed E-state index contributed by atoms with van der Waals surface area (Å²) in [5.74, 6) is 1.25. The summed E-state index contributed by atoms with van der Waals surface area (Å²) in [4.78, 5) is 4.71. The molecule has 0 saturated heterocycles. The van der Waals surface area contributed by atoms with Crippen LogP contribution in [0.1, 0.15) is 110 Å². The van der Waals surface area contributed by atoms with E-state index < -0.39 is 0 Å². The number of allylic oxidation sites excluding steroid dienone is 1. The Labute approximate surface area is 169 Å². The first-order valence-electron chi connectivity index (χ1n) is 11.9. The van der Waals surface area contributed by atoms with E-state index in [0.29, 0.717) is 4.48 Å². The Hall–Kier alpha value is -0.670. The molecule has 0 aromatic heterocycles. The van der Waals surface area contributed by atoms with E-state index in [0.717, 1.165) is 26.1 Å². The summed E-state index contributed by atoms with van der Waals surface area (Å²) in [6, 6.07) is 0. The molecule has 0 radical (unpaired) electrons. The Morgan fingerprint density at radius 1 is 0.926 bits per heavy atom. The van der Waals surface area contributed by atoms with Gasteiger partial charge in [0.25, 0.3) is 0 Å². The molecule has 0 aliphatic carbocycles. The van der Waals surface area contributed by atoms with E-state index in [1.807, 2.05) is 13.0 Å². The van der Waals surface area contributed by atoms with Crippen molar-refractivity contribution in [3.63, 3.8) is 0 Å². The lowest BCUT2D eigenvalue weighted by atomic mass is 10.0. The fourth-order valence-corrected chi connectivity index (χ4v) is 4.45. The fraction of sp³-hybridized carbons (Fsp3) is 0.875. The molecule has 27 heavy (non-hydrogen) atoms. The number of quaternary nitrogens is 1. The van der Waals surface area contributed by atoms with Crippen LogP contribution in [-0.2, 0) is 0 Å². The average Bonchev–Trinajstić information content (AvgIpc) is 3.09. The summed E-state index contributed by atoms with van der Waals surface area (Å²) in [5.41, 5.74) is 0. The number of amidine groups is 1. The highest BCUT2D eigenvalue weighted by Crippen LogP contribution is 2.23. The Balaban J connectivity index is 1.90. The van der Waals surface area contributed by atoms with Crippen molar-refractivity contribution in [1.29, 1.82) is 0 Å². The monoisotopic (exact) mass is 379 g/mol. The van der Waals surface area contributed by atoms with Gasteiger partial charge < -0.3 is 5.11 Å². The molecule has 2 atom stereocenters. The molecule has 1 rings (SSSR count). The molecule has 1 aliphatic rings. The summed E-state index contributed by atoms with van der Waals surface area (Å²) in [5, 5.41) is 10.2. The zero-order valence-electron chi connectivity index (χ0n) is 18.4. The molecule has 2 unspecified atom stereocenters. The van der Waals surface area contributed by atoms with Crippen molar-refractivity contribution in [1.82, 2.24) is 0 Å². The van der Waals surface area contributed by atoms with Gasteiger partial charge in [-0.1, -0.05) is 76.7 Å². The summed E-state index contributed by atoms with van der Waals surface area (Å²) in [7, 11) is 0. The SMILES string of the molecule is C=CCCCCCCCCCCCCCCCC1=NCC[N+]1(CC)C(C)O. The lowest BCUT2D eigenvalue weighted by Gasteiger charge is -2.36. The molecular formula is C24H47N2O+. The number of likely N-dealkylation sites (N-methyl/N-ethyl adjacent to an activating group) is 1. The minimum atomic E-state index is -0.316. The van der Waals surface area contributed by atoms with Crippen molar-refractivity contribution >= 4 is 5.84 Å². The second-order valence-corrected chi connectivity index (χ2v) is 8.43. The molecule has 0 aromatic rings. The highest BCUT2D eigenvalue weighted by Gasteiger charge is 2.40. The van der Waals surface area contributed by atoms with Crippen LogP contribution in [0.4, 0.5) is 0 Å². The van der Waals surface area contributed by atoms with Crippen LogP contribution in [0.5, 0.6) is 0 Å². The van der Waals surface area contributed by atoms with Crippen molar-refractivity contribution in [3.8, 4) is 0 Å². The van der Waals surface area contributed by atoms with Crippen LogP contribution in [0.25, 0.3) is 0 Å². The maximum atomic E-state index is 10.2. The maximum absolute atomic E-state index is 10.2. The summed E-state index contributed by atoms with van der Waals surface area (Å²) < 4.78 is 0.717. The predicted molar refractivity (Wildman–Crippen MR) is 119 cm³/mol. The minimum absolute atomic E-state index is 0.316. The predicted octanol–water partition coefficient (Wildman–Crippen LogP) is 6.61. The zero-order chi connectivity index (χ0) is 19.8. The molecule has 0 aromatic carbocycles. The molecule has 3 heteroatoms. The number of aliphatic imine (C=N–C) groups is 1. The number of rotatable bonds is 18. The molecule has 3 nitrogen and oxygen atoms in total. The van der Waals surface area contributed by atoms with Gasteiger partial charge in [-0.2, -0.15) is 0 Å². The summed E-state index contributed by atoms with van der Waals surface area (Å²) in [6.07, 6.45) is 21.9. The highest BCUT2D eigenvalue weighted by atomic mass is 16.3. The number of unbranched alkanes of at least 4 members (excludes halogenated alkanes) is 13. The molecule has 158 valence electrons. The van der Waals surface area contributed by atoms with E-state index in [1.165, 1.54) is 95.7 Å². The van der Waals surface area contributed by atoms with E-state index in [4.69, 9.17) is 4.99 Å². The van der Waals surface area contributed by atoms with Crippen molar-refractivity contribution < 1.29 is 9.59 Å². The second-order valence-electron chi connectivity index (χ2n) is 8.43. The molecule has 0 fully saturated rings. The molecular weight excluding hydrogens is 332 g/mol. The molecule has 0 bridgehead atoms. The highest BCUT2D eigenvalue weighted by molar-refractivity contribution is 5.76. The molecule has 1 aliphatic heterocycles. The van der Waals surface area contributed by atoms with Gasteiger partial charge in [0.1, 0.15) is 6.54 Å². The van der Waals surface area contributed by atoms with Crippen LogP contribution < -0.4 is 0 Å². The van der Waals surface area contributed by atoms with Gasteiger partial charge in [0, 0.05) is 13.3 Å². The quantitative estimate of drug-likeness (QED) is 0.162. The smallest absolute Gasteiger partial charge is 0.200 e. The third-order valence-electron chi connectivity index (χ3n) is 6.40. The number of hydrogen-bond donors (Lipinski definition) is 1. The van der Waals surface area contributed by atoms with Crippen molar-refractivity contribution in [2.24, 2.45) is 4.99 Å². The first-order chi connectivity index (χ1) is 13.2. The number of aliphatic hydroxyl groups is 1. The molecule has 0 spiro atoms. The third-order valence-corrected chi connectivity index (χ3v) is 6.40. The maximum Gasteiger partial charge on any atom is 0.200 e. The van der Waals surface area contributed by atoms with Gasteiger partial charge >= 0.3 is 0 Å². The number of hydrogen-bond acceptors (Lipinski definition) is 2. The van der Waals surface area contributed by atoms with Crippen LogP contribution in [0.15, 0.2) is 17.6 Å². The lowest BCUT2D eigenvalue weighted by Crippen LogP contribution is -2.56. The van der Waals surface area contributed by atoms with E-state index in [-0.39, 0.29) is 6.23 Å². The van der Waals surface area contributed by atoms with Crippen LogP contribution >= 0.6 is 0 Å². The minimum Gasteiger partial charge on any atom is -0.345 e. The zero-order valence-corrected chi connectivity index (χ0v) is 18.4. The van der Waals surface area contributed by atoms with Crippen molar-refractivity contribution in [2.45, 2.75) is 116 Å². The van der Waals surface area contributed by atoms with E-state index in [1.54, 1.807) is 0 Å². The van der Waals surface area contributed by atoms with Gasteiger partial charge in [-0.3, -0.25) is 4.48 Å². The molecule has 1 heterocycles. The van der Waals surface area contributed by atoms with E-state index in [2.05, 4.69) is 13.5 Å². The Kier molecular flexibility index (Phi) is 13.8. The Bertz CT molecular complexity index is 405. The Morgan fingerprint density at radius 3 is 1.85 bits per heavy atom. The largest absolute Gasteiger partial charge is 0.345 e. The summed E-state index contributed by atoms with van der Waals surface area (Å²) >= 11 is 0. The van der Waals surface area contributed by atoms with Gasteiger partial charge in [0.15, 0.2) is 6.23 Å². The lowest BCUT2D eigenvalue weighted by molar-refractivity contribution is -0.882. The standard InChI is InChI=1S/C24H47N2O/c1-4-6-7-8-9-10-11-12-13-14-15-16-17-18-19-20-24-25-21-22-26(24,5-2)23(3)27/h4,23,27H,1,5-22H2,2-3H3/q+1. The molecule has 0 saturated carbocycles. The van der Waals surface area contributed by atoms with Gasteiger partial charge in [-0.05, 0) is 26.2 Å². The van der Waals surface area contributed by atoms with Gasteiger partial charge in [-0.25, -0.2) is 4.99 Å². The first kappa shape index (κ1) is 24.4. The van der Waals surface area contributed by atoms with Crippen molar-refractivity contribution in [3.05, 3.63) is 12.7 Å². The van der Waals surface area contributed by atoms with Crippen molar-refractivity contribution in [2.75, 3.05) is 19.6 Å². The average molecular weight is 380 g/mol. The normalized spacial score (nSPS) is 20.6. The molecule has 1 N–H and O–H groups in total. The van der Waals surface area contributed by atoms with Gasteiger partial charge in [-0.15, -0.1) is 6.58 Å². The van der Waals surface area contributed by atoms with E-state index in [9.17, 15) is 5.11 Å². The number of nitrogens with zero attached hydrogens (tertiary/aromatic N) is 2. The van der Waals surface area contributed by atoms with E-state index >= 15 is 0 Å². The van der Waals surface area contributed by atoms with Crippen LogP contribution in [0, 0.1) is 0 Å². The Morgan fingerprint density at radius 2 is 1.41 bits per heavy atom. The third kappa shape index (κ3) is 9.38.